The van der Waals surface area contributed by atoms with Crippen molar-refractivity contribution in [1.29, 1.82) is 0 Å². The summed E-state index contributed by atoms with van der Waals surface area (Å²) in [7, 11) is 0. The van der Waals surface area contributed by atoms with E-state index in [1.54, 1.807) is 6.07 Å². The van der Waals surface area contributed by atoms with Gasteiger partial charge >= 0.3 is 0 Å². The molecule has 3 nitrogen and oxygen atoms in total. The van der Waals surface area contributed by atoms with Crippen molar-refractivity contribution in [3.63, 3.8) is 0 Å². The van der Waals surface area contributed by atoms with Crippen LogP contribution in [0.2, 0.25) is 10.0 Å². The quantitative estimate of drug-likeness (QED) is 0.510. The molecule has 0 N–H and O–H groups in total. The largest absolute Gasteiger partial charge is 0.341 e. The Bertz CT molecular complexity index is 948. The van der Waals surface area contributed by atoms with E-state index in [-0.39, 0.29) is 0 Å². The van der Waals surface area contributed by atoms with E-state index >= 15 is 0 Å². The summed E-state index contributed by atoms with van der Waals surface area (Å²) in [6, 6.07) is 15.9. The first-order chi connectivity index (χ1) is 13.1. The van der Waals surface area contributed by atoms with Gasteiger partial charge in [0.15, 0.2) is 0 Å². The molecule has 1 aromatic heterocycles. The molecule has 3 aromatic rings. The Balaban J connectivity index is 1.84. The molecule has 2 aromatic carbocycles. The van der Waals surface area contributed by atoms with Crippen molar-refractivity contribution in [1.82, 2.24) is 9.97 Å². The molecule has 1 aliphatic heterocycles. The van der Waals surface area contributed by atoms with Gasteiger partial charge in [-0.1, -0.05) is 53.0 Å². The van der Waals surface area contributed by atoms with Crippen LogP contribution in [0.3, 0.4) is 0 Å². The molecule has 1 fully saturated rings. The average Bonchev–Trinajstić information content (AvgIpc) is 2.69. The van der Waals surface area contributed by atoms with Gasteiger partial charge in [0.1, 0.15) is 0 Å². The minimum Gasteiger partial charge on any atom is -0.341 e. The van der Waals surface area contributed by atoms with E-state index in [9.17, 15) is 0 Å². The highest BCUT2D eigenvalue weighted by molar-refractivity contribution is 6.36. The minimum absolute atomic E-state index is 0.598. The number of hydrogen-bond donors (Lipinski definition) is 0. The summed E-state index contributed by atoms with van der Waals surface area (Å²) >= 11 is 12.5. The van der Waals surface area contributed by atoms with Gasteiger partial charge in [0.25, 0.3) is 0 Å². The van der Waals surface area contributed by atoms with Gasteiger partial charge in [-0.2, -0.15) is 0 Å². The van der Waals surface area contributed by atoms with Gasteiger partial charge in [-0.05, 0) is 50.5 Å². The second-order valence-electron chi connectivity index (χ2n) is 6.98. The van der Waals surface area contributed by atoms with Crippen LogP contribution < -0.4 is 4.90 Å². The summed E-state index contributed by atoms with van der Waals surface area (Å²) in [5.74, 6) is 0.772. The molecule has 0 aliphatic carbocycles. The van der Waals surface area contributed by atoms with Gasteiger partial charge in [-0.25, -0.2) is 9.97 Å². The van der Waals surface area contributed by atoms with E-state index in [1.807, 2.05) is 18.2 Å². The molecule has 4 rings (SSSR count). The summed E-state index contributed by atoms with van der Waals surface area (Å²) in [6.07, 6.45) is 3.62. The van der Waals surface area contributed by atoms with Crippen molar-refractivity contribution in [2.24, 2.45) is 0 Å². The molecule has 138 valence electrons. The Labute approximate surface area is 170 Å². The Morgan fingerprint density at radius 1 is 0.815 bits per heavy atom. The molecular formula is C22H21Cl2N3. The van der Waals surface area contributed by atoms with Crippen molar-refractivity contribution in [3.8, 4) is 22.5 Å². The summed E-state index contributed by atoms with van der Waals surface area (Å²) in [5.41, 5.74) is 4.90. The lowest BCUT2D eigenvalue weighted by Crippen LogP contribution is -2.31. The number of aromatic nitrogens is 2. The maximum absolute atomic E-state index is 6.46. The third-order valence-electron chi connectivity index (χ3n) is 4.91. The molecule has 0 saturated carbocycles. The van der Waals surface area contributed by atoms with Crippen LogP contribution in [0, 0.1) is 6.92 Å². The van der Waals surface area contributed by atoms with Crippen molar-refractivity contribution < 1.29 is 0 Å². The molecule has 0 bridgehead atoms. The fraction of sp³-hybridized carbons (Fsp3) is 0.273. The van der Waals surface area contributed by atoms with Crippen LogP contribution in [-0.4, -0.2) is 23.1 Å². The number of anilines is 1. The number of hydrogen-bond acceptors (Lipinski definition) is 3. The maximum atomic E-state index is 6.46. The van der Waals surface area contributed by atoms with E-state index in [1.165, 1.54) is 24.8 Å². The summed E-state index contributed by atoms with van der Waals surface area (Å²) < 4.78 is 0. The average molecular weight is 398 g/mol. The molecule has 0 spiro atoms. The lowest BCUT2D eigenvalue weighted by Gasteiger charge is -2.27. The Morgan fingerprint density at radius 2 is 1.52 bits per heavy atom. The molecule has 0 unspecified atom stereocenters. The van der Waals surface area contributed by atoms with Crippen LogP contribution >= 0.6 is 23.2 Å². The number of aryl methyl sites for hydroxylation is 1. The maximum Gasteiger partial charge on any atom is 0.226 e. The molecule has 27 heavy (non-hydrogen) atoms. The number of halogens is 2. The molecular weight excluding hydrogens is 377 g/mol. The third kappa shape index (κ3) is 4.10. The van der Waals surface area contributed by atoms with Crippen LogP contribution in [0.5, 0.6) is 0 Å². The first-order valence-corrected chi connectivity index (χ1v) is 10.0. The van der Waals surface area contributed by atoms with Crippen LogP contribution in [0.25, 0.3) is 22.5 Å². The summed E-state index contributed by atoms with van der Waals surface area (Å²) in [4.78, 5) is 12.0. The molecule has 2 heterocycles. The smallest absolute Gasteiger partial charge is 0.226 e. The highest BCUT2D eigenvalue weighted by Crippen LogP contribution is 2.33. The molecule has 1 saturated heterocycles. The van der Waals surface area contributed by atoms with Crippen LogP contribution in [0.1, 0.15) is 24.8 Å². The van der Waals surface area contributed by atoms with E-state index in [4.69, 9.17) is 33.2 Å². The lowest BCUT2D eigenvalue weighted by atomic mass is 10.1. The highest BCUT2D eigenvalue weighted by atomic mass is 35.5. The predicted molar refractivity (Wildman–Crippen MR) is 114 cm³/mol. The zero-order valence-corrected chi connectivity index (χ0v) is 16.8. The number of benzene rings is 2. The van der Waals surface area contributed by atoms with E-state index in [2.05, 4.69) is 36.1 Å². The monoisotopic (exact) mass is 397 g/mol. The normalized spacial score (nSPS) is 14.4. The molecule has 1 aliphatic rings. The fourth-order valence-electron chi connectivity index (χ4n) is 3.38. The first-order valence-electron chi connectivity index (χ1n) is 9.27. The van der Waals surface area contributed by atoms with Gasteiger partial charge in [0, 0.05) is 29.2 Å². The minimum atomic E-state index is 0.598. The van der Waals surface area contributed by atoms with E-state index < -0.39 is 0 Å². The van der Waals surface area contributed by atoms with Crippen molar-refractivity contribution in [2.75, 3.05) is 18.0 Å². The summed E-state index contributed by atoms with van der Waals surface area (Å²) in [5, 5.41) is 1.22. The second-order valence-corrected chi connectivity index (χ2v) is 7.82. The molecule has 0 amide bonds. The number of piperidine rings is 1. The zero-order chi connectivity index (χ0) is 18.8. The predicted octanol–water partition coefficient (Wildman–Crippen LogP) is 6.42. The SMILES string of the molecule is Cc1ccc(-c2cc(-c3ccc(Cl)cc3Cl)nc(N3CCCCC3)n2)cc1. The van der Waals surface area contributed by atoms with Crippen LogP contribution in [-0.2, 0) is 0 Å². The van der Waals surface area contributed by atoms with Gasteiger partial charge < -0.3 is 4.90 Å². The third-order valence-corrected chi connectivity index (χ3v) is 5.46. The summed E-state index contributed by atoms with van der Waals surface area (Å²) in [6.45, 7) is 4.07. The van der Waals surface area contributed by atoms with Crippen LogP contribution in [0.4, 0.5) is 5.95 Å². The van der Waals surface area contributed by atoms with Crippen molar-refractivity contribution in [2.45, 2.75) is 26.2 Å². The Morgan fingerprint density at radius 3 is 2.22 bits per heavy atom. The zero-order valence-electron chi connectivity index (χ0n) is 15.3. The fourth-order valence-corrected chi connectivity index (χ4v) is 3.88. The topological polar surface area (TPSA) is 29.0 Å². The molecule has 5 heteroatoms. The van der Waals surface area contributed by atoms with Gasteiger partial charge in [-0.15, -0.1) is 0 Å². The lowest BCUT2D eigenvalue weighted by molar-refractivity contribution is 0.568. The van der Waals surface area contributed by atoms with E-state index in [0.29, 0.717) is 10.0 Å². The number of rotatable bonds is 3. The molecule has 0 radical (unpaired) electrons. The standard InChI is InChI=1S/C22H21Cl2N3/c1-15-5-7-16(8-6-15)20-14-21(18-10-9-17(23)13-19(18)24)26-22(25-20)27-11-3-2-4-12-27/h5-10,13-14H,2-4,11-12H2,1H3. The van der Waals surface area contributed by atoms with Gasteiger partial charge in [-0.3, -0.25) is 0 Å². The van der Waals surface area contributed by atoms with E-state index in [0.717, 1.165) is 41.6 Å². The van der Waals surface area contributed by atoms with Gasteiger partial charge in [0.2, 0.25) is 5.95 Å². The van der Waals surface area contributed by atoms with Crippen molar-refractivity contribution in [3.05, 3.63) is 64.1 Å². The first kappa shape index (κ1) is 18.3. The number of nitrogens with zero attached hydrogens (tertiary/aromatic N) is 3. The van der Waals surface area contributed by atoms with Crippen molar-refractivity contribution >= 4 is 29.2 Å². The second kappa shape index (κ2) is 7.87. The molecule has 0 atom stereocenters. The highest BCUT2D eigenvalue weighted by Gasteiger charge is 2.17. The Kier molecular flexibility index (Phi) is 5.33. The Hall–Kier alpha value is -2.10. The van der Waals surface area contributed by atoms with Gasteiger partial charge in [0.05, 0.1) is 16.4 Å². The van der Waals surface area contributed by atoms with Crippen LogP contribution in [0.15, 0.2) is 48.5 Å².